The van der Waals surface area contributed by atoms with Crippen molar-refractivity contribution in [2.24, 2.45) is 11.3 Å². The van der Waals surface area contributed by atoms with Crippen LogP contribution in [0.5, 0.6) is 0 Å². The molecule has 1 aliphatic carbocycles. The molecular weight excluding hydrogens is 420 g/mol. The highest BCUT2D eigenvalue weighted by Gasteiger charge is 2.41. The minimum Gasteiger partial charge on any atom is -0.481 e. The van der Waals surface area contributed by atoms with Crippen LogP contribution in [0.4, 0.5) is 8.78 Å². The van der Waals surface area contributed by atoms with Crippen LogP contribution in [0.3, 0.4) is 0 Å². The van der Waals surface area contributed by atoms with Crippen LogP contribution < -0.4 is 5.32 Å². The number of likely N-dealkylation sites (tertiary alicyclic amines) is 1. The summed E-state index contributed by atoms with van der Waals surface area (Å²) in [6.07, 6.45) is 3.72. The summed E-state index contributed by atoms with van der Waals surface area (Å²) in [6.45, 7) is 5.56. The molecule has 172 valence electrons. The number of nitrogens with zero attached hydrogens (tertiary/aromatic N) is 2. The molecule has 1 saturated carbocycles. The van der Waals surface area contributed by atoms with Gasteiger partial charge in [-0.05, 0) is 43.2 Å². The third-order valence-electron chi connectivity index (χ3n) is 6.68. The zero-order chi connectivity index (χ0) is 23.0. The summed E-state index contributed by atoms with van der Waals surface area (Å²) in [5.41, 5.74) is 0.158. The van der Waals surface area contributed by atoms with E-state index in [-0.39, 0.29) is 22.4 Å². The molecule has 2 heterocycles. The molecule has 4 rings (SSSR count). The Bertz CT molecular complexity index is 1020. The van der Waals surface area contributed by atoms with Gasteiger partial charge < -0.3 is 14.9 Å². The molecule has 9 heteroatoms. The lowest BCUT2D eigenvalue weighted by Gasteiger charge is -2.40. The number of carboxylic acid groups (broad SMARTS) is 1. The van der Waals surface area contributed by atoms with Crippen molar-refractivity contribution in [1.29, 1.82) is 0 Å². The van der Waals surface area contributed by atoms with Crippen molar-refractivity contribution in [3.63, 3.8) is 0 Å². The quantitative estimate of drug-likeness (QED) is 0.726. The molecule has 2 fully saturated rings. The number of aliphatic carboxylic acids is 1. The van der Waals surface area contributed by atoms with Crippen molar-refractivity contribution < 1.29 is 28.0 Å². The summed E-state index contributed by atoms with van der Waals surface area (Å²) in [5.74, 6) is -3.85. The number of carbonyl (C=O) groups excluding carboxylic acids is 1. The number of halogens is 2. The number of piperidine rings is 1. The molecule has 2 N–H and O–H groups in total. The molecule has 2 aromatic rings. The number of rotatable bonds is 5. The van der Waals surface area contributed by atoms with E-state index in [4.69, 9.17) is 4.52 Å². The molecule has 1 amide bonds. The Morgan fingerprint density at radius 3 is 2.69 bits per heavy atom. The molecule has 2 aliphatic rings. The highest BCUT2D eigenvalue weighted by atomic mass is 19.1. The van der Waals surface area contributed by atoms with E-state index in [0.717, 1.165) is 25.3 Å². The molecular formula is C23H27F2N3O4. The lowest BCUT2D eigenvalue weighted by atomic mass is 9.89. The van der Waals surface area contributed by atoms with E-state index in [9.17, 15) is 23.5 Å². The number of carboxylic acids is 1. The first kappa shape index (κ1) is 22.4. The molecule has 0 bridgehead atoms. The average molecular weight is 447 g/mol. The number of benzene rings is 1. The van der Waals surface area contributed by atoms with Gasteiger partial charge in [-0.2, -0.15) is 0 Å². The molecule has 0 spiro atoms. The van der Waals surface area contributed by atoms with Gasteiger partial charge in [0, 0.05) is 37.3 Å². The van der Waals surface area contributed by atoms with Gasteiger partial charge in [0.2, 0.25) is 0 Å². The predicted molar refractivity (Wildman–Crippen MR) is 112 cm³/mol. The van der Waals surface area contributed by atoms with Crippen LogP contribution in [0.2, 0.25) is 0 Å². The van der Waals surface area contributed by atoms with E-state index in [1.54, 1.807) is 0 Å². The smallest absolute Gasteiger partial charge is 0.309 e. The average Bonchev–Trinajstić information content (AvgIpc) is 3.35. The molecule has 32 heavy (non-hydrogen) atoms. The molecule has 1 saturated heterocycles. The first-order chi connectivity index (χ1) is 15.1. The van der Waals surface area contributed by atoms with Gasteiger partial charge in [0.05, 0.1) is 11.5 Å². The number of carbonyl (C=O) groups is 2. The SMILES string of the molecule is CC1(C)CCC(N2CC[C@@H](NC(=O)c3cc(-c4ccc(F)cc4F)on3)[C@H](C(=O)O)C2)C1. The summed E-state index contributed by atoms with van der Waals surface area (Å²) in [5, 5.41) is 16.2. The standard InChI is InChI=1S/C23H27F2N3O4/c1-23(2)7-5-14(11-23)28-8-6-18(16(12-28)22(30)31)26-21(29)19-10-20(32-27-19)15-4-3-13(24)9-17(15)25/h3-4,9-10,14,16,18H,5-8,11-12H2,1-2H3,(H,26,29)(H,30,31)/t14?,16-,18-/m1/s1. The van der Waals surface area contributed by atoms with Crippen molar-refractivity contribution in [2.75, 3.05) is 13.1 Å². The van der Waals surface area contributed by atoms with Crippen molar-refractivity contribution in [3.8, 4) is 11.3 Å². The minimum atomic E-state index is -0.952. The predicted octanol–water partition coefficient (Wildman–Crippen LogP) is 3.70. The van der Waals surface area contributed by atoms with Gasteiger partial charge in [-0.3, -0.25) is 14.5 Å². The first-order valence-electron chi connectivity index (χ1n) is 10.8. The number of hydrogen-bond donors (Lipinski definition) is 2. The van der Waals surface area contributed by atoms with Crippen LogP contribution >= 0.6 is 0 Å². The van der Waals surface area contributed by atoms with E-state index in [1.807, 2.05) is 0 Å². The fourth-order valence-corrected chi connectivity index (χ4v) is 4.88. The highest BCUT2D eigenvalue weighted by Crippen LogP contribution is 2.40. The fraction of sp³-hybridized carbons (Fsp3) is 0.522. The Hall–Kier alpha value is -2.81. The van der Waals surface area contributed by atoms with E-state index in [1.165, 1.54) is 12.1 Å². The number of hydrogen-bond acceptors (Lipinski definition) is 5. The molecule has 0 radical (unpaired) electrons. The normalized spacial score (nSPS) is 25.6. The molecule has 1 unspecified atom stereocenters. The summed E-state index contributed by atoms with van der Waals surface area (Å²) < 4.78 is 32.2. The van der Waals surface area contributed by atoms with Gasteiger partial charge in [-0.25, -0.2) is 8.78 Å². The van der Waals surface area contributed by atoms with Crippen molar-refractivity contribution in [1.82, 2.24) is 15.4 Å². The van der Waals surface area contributed by atoms with Gasteiger partial charge in [0.25, 0.3) is 5.91 Å². The Kier molecular flexibility index (Phi) is 6.03. The number of aromatic nitrogens is 1. The van der Waals surface area contributed by atoms with Gasteiger partial charge in [0.15, 0.2) is 11.5 Å². The monoisotopic (exact) mass is 447 g/mol. The Labute approximate surface area is 184 Å². The van der Waals surface area contributed by atoms with E-state index in [0.29, 0.717) is 31.6 Å². The molecule has 1 aliphatic heterocycles. The Morgan fingerprint density at radius 1 is 1.25 bits per heavy atom. The molecule has 1 aromatic heterocycles. The van der Waals surface area contributed by atoms with E-state index in [2.05, 4.69) is 29.2 Å². The van der Waals surface area contributed by atoms with Gasteiger partial charge in [0.1, 0.15) is 11.6 Å². The van der Waals surface area contributed by atoms with Crippen LogP contribution in [0, 0.1) is 23.0 Å². The maximum Gasteiger partial charge on any atom is 0.309 e. The summed E-state index contributed by atoms with van der Waals surface area (Å²) in [4.78, 5) is 26.9. The summed E-state index contributed by atoms with van der Waals surface area (Å²) >= 11 is 0. The Balaban J connectivity index is 1.43. The Morgan fingerprint density at radius 2 is 2.03 bits per heavy atom. The maximum absolute atomic E-state index is 14.0. The fourth-order valence-electron chi connectivity index (χ4n) is 4.88. The summed E-state index contributed by atoms with van der Waals surface area (Å²) in [6, 6.07) is 4.08. The zero-order valence-corrected chi connectivity index (χ0v) is 18.1. The maximum atomic E-state index is 14.0. The number of amides is 1. The topological polar surface area (TPSA) is 95.7 Å². The second-order valence-corrected chi connectivity index (χ2v) is 9.57. The molecule has 1 aromatic carbocycles. The minimum absolute atomic E-state index is 0.0129. The van der Waals surface area contributed by atoms with Gasteiger partial charge >= 0.3 is 5.97 Å². The largest absolute Gasteiger partial charge is 0.481 e. The van der Waals surface area contributed by atoms with Crippen molar-refractivity contribution >= 4 is 11.9 Å². The van der Waals surface area contributed by atoms with Crippen LogP contribution in [-0.2, 0) is 4.79 Å². The van der Waals surface area contributed by atoms with Gasteiger partial charge in [-0.1, -0.05) is 19.0 Å². The van der Waals surface area contributed by atoms with Crippen molar-refractivity contribution in [3.05, 3.63) is 41.6 Å². The zero-order valence-electron chi connectivity index (χ0n) is 18.1. The van der Waals surface area contributed by atoms with Crippen LogP contribution in [-0.4, -0.2) is 52.2 Å². The second-order valence-electron chi connectivity index (χ2n) is 9.57. The van der Waals surface area contributed by atoms with Gasteiger partial charge in [-0.15, -0.1) is 0 Å². The molecule has 7 nitrogen and oxygen atoms in total. The number of nitrogens with one attached hydrogen (secondary N) is 1. The molecule has 3 atom stereocenters. The first-order valence-corrected chi connectivity index (χ1v) is 10.8. The van der Waals surface area contributed by atoms with Crippen LogP contribution in [0.25, 0.3) is 11.3 Å². The lowest BCUT2D eigenvalue weighted by molar-refractivity contribution is -0.145. The second kappa shape index (κ2) is 8.61. The lowest BCUT2D eigenvalue weighted by Crippen LogP contribution is -2.55. The van der Waals surface area contributed by atoms with Crippen LogP contribution in [0.15, 0.2) is 28.8 Å². The third kappa shape index (κ3) is 4.67. The highest BCUT2D eigenvalue weighted by molar-refractivity contribution is 5.93. The third-order valence-corrected chi connectivity index (χ3v) is 6.68. The van der Waals surface area contributed by atoms with Crippen molar-refractivity contribution in [2.45, 2.75) is 51.6 Å². The summed E-state index contributed by atoms with van der Waals surface area (Å²) in [7, 11) is 0. The van der Waals surface area contributed by atoms with E-state index < -0.39 is 35.5 Å². The van der Waals surface area contributed by atoms with Crippen LogP contribution in [0.1, 0.15) is 50.0 Å². The van der Waals surface area contributed by atoms with E-state index >= 15 is 0 Å².